The number of nitrogens with zero attached hydrogens (tertiary/aromatic N) is 1. The van der Waals surface area contributed by atoms with Gasteiger partial charge in [0.25, 0.3) is 5.91 Å². The van der Waals surface area contributed by atoms with Gasteiger partial charge in [-0.05, 0) is 6.07 Å². The number of anilines is 1. The van der Waals surface area contributed by atoms with E-state index in [1.165, 1.54) is 12.3 Å². The van der Waals surface area contributed by atoms with Gasteiger partial charge >= 0.3 is 6.09 Å². The zero-order valence-electron chi connectivity index (χ0n) is 8.77. The first kappa shape index (κ1) is 12.7. The Morgan fingerprint density at radius 3 is 2.88 bits per heavy atom. The van der Waals surface area contributed by atoms with Crippen LogP contribution >= 0.6 is 0 Å². The summed E-state index contributed by atoms with van der Waals surface area (Å²) in [6.45, 7) is -0.0767. The molecule has 1 rings (SSSR count). The highest BCUT2D eigenvalue weighted by Gasteiger charge is 2.13. The Hall–Kier alpha value is -2.38. The molecule has 2 amide bonds. The maximum Gasteiger partial charge on any atom is 0.404 e. The van der Waals surface area contributed by atoms with Gasteiger partial charge in [-0.1, -0.05) is 0 Å². The molecular formula is C9H11FN4O3. The molecule has 0 unspecified atom stereocenters. The van der Waals surface area contributed by atoms with Crippen LogP contribution in [0.2, 0.25) is 0 Å². The minimum atomic E-state index is -0.946. The zero-order valence-corrected chi connectivity index (χ0v) is 8.77. The molecule has 0 atom stereocenters. The van der Waals surface area contributed by atoms with Crippen molar-refractivity contribution < 1.29 is 18.7 Å². The number of ether oxygens (including phenoxy) is 1. The number of primary amides is 1. The number of pyridine rings is 1. The Morgan fingerprint density at radius 1 is 1.53 bits per heavy atom. The van der Waals surface area contributed by atoms with Crippen LogP contribution in [0.1, 0.15) is 10.4 Å². The van der Waals surface area contributed by atoms with Crippen LogP contribution < -0.4 is 16.8 Å². The fourth-order valence-electron chi connectivity index (χ4n) is 1.05. The average molecular weight is 242 g/mol. The van der Waals surface area contributed by atoms with Gasteiger partial charge in [0.05, 0.1) is 12.1 Å². The molecule has 1 heterocycles. The number of hydrogen-bond acceptors (Lipinski definition) is 5. The molecule has 0 saturated heterocycles. The van der Waals surface area contributed by atoms with Crippen LogP contribution in [-0.4, -0.2) is 30.1 Å². The number of nitrogen functional groups attached to an aromatic ring is 1. The topological polar surface area (TPSA) is 120 Å². The second kappa shape index (κ2) is 5.64. The molecule has 0 aliphatic heterocycles. The summed E-state index contributed by atoms with van der Waals surface area (Å²) in [6.07, 6.45) is 0.270. The normalized spacial score (nSPS) is 9.71. The number of nitrogens with two attached hydrogens (primary N) is 2. The SMILES string of the molecule is NC(=O)OCCNC(=O)c1ccnc(N)c1F. The monoisotopic (exact) mass is 242 g/mol. The van der Waals surface area contributed by atoms with Crippen molar-refractivity contribution in [2.75, 3.05) is 18.9 Å². The summed E-state index contributed by atoms with van der Waals surface area (Å²) in [5.74, 6) is -1.92. The van der Waals surface area contributed by atoms with Crippen LogP contribution in [0.15, 0.2) is 12.3 Å². The van der Waals surface area contributed by atoms with Crippen LogP contribution in [-0.2, 0) is 4.74 Å². The van der Waals surface area contributed by atoms with E-state index in [1.807, 2.05) is 0 Å². The van der Waals surface area contributed by atoms with E-state index < -0.39 is 17.8 Å². The van der Waals surface area contributed by atoms with Gasteiger partial charge in [0.15, 0.2) is 11.6 Å². The lowest BCUT2D eigenvalue weighted by Crippen LogP contribution is -2.29. The van der Waals surface area contributed by atoms with Gasteiger partial charge in [-0.15, -0.1) is 0 Å². The fourth-order valence-corrected chi connectivity index (χ4v) is 1.05. The molecule has 1 aromatic heterocycles. The third-order valence-corrected chi connectivity index (χ3v) is 1.79. The molecule has 0 aliphatic rings. The molecule has 0 saturated carbocycles. The van der Waals surface area contributed by atoms with Gasteiger partial charge in [0.1, 0.15) is 6.61 Å². The Kier molecular flexibility index (Phi) is 4.21. The van der Waals surface area contributed by atoms with E-state index in [4.69, 9.17) is 11.5 Å². The summed E-state index contributed by atoms with van der Waals surface area (Å²) in [5, 5.41) is 2.33. The van der Waals surface area contributed by atoms with E-state index in [2.05, 4.69) is 15.0 Å². The number of halogens is 1. The quantitative estimate of drug-likeness (QED) is 0.622. The van der Waals surface area contributed by atoms with Crippen LogP contribution in [0.25, 0.3) is 0 Å². The van der Waals surface area contributed by atoms with Crippen molar-refractivity contribution in [2.24, 2.45) is 5.73 Å². The Bertz CT molecular complexity index is 438. The number of aromatic nitrogens is 1. The maximum absolute atomic E-state index is 13.3. The number of carbonyl (C=O) groups is 2. The van der Waals surface area contributed by atoms with Crippen molar-refractivity contribution in [3.63, 3.8) is 0 Å². The fraction of sp³-hybridized carbons (Fsp3) is 0.222. The number of amides is 2. The number of nitrogens with one attached hydrogen (secondary N) is 1. The van der Waals surface area contributed by atoms with Crippen molar-refractivity contribution in [1.82, 2.24) is 10.3 Å². The van der Waals surface area contributed by atoms with Crippen molar-refractivity contribution >= 4 is 17.8 Å². The summed E-state index contributed by atoms with van der Waals surface area (Å²) in [6, 6.07) is 1.19. The summed E-state index contributed by atoms with van der Waals surface area (Å²) in [5.41, 5.74) is 9.68. The first-order valence-corrected chi connectivity index (χ1v) is 4.62. The first-order chi connectivity index (χ1) is 8.02. The lowest BCUT2D eigenvalue weighted by atomic mass is 10.2. The molecule has 17 heavy (non-hydrogen) atoms. The van der Waals surface area contributed by atoms with E-state index in [1.54, 1.807) is 0 Å². The molecule has 7 nitrogen and oxygen atoms in total. The third kappa shape index (κ3) is 3.59. The predicted molar refractivity (Wildman–Crippen MR) is 56.5 cm³/mol. The maximum atomic E-state index is 13.3. The van der Waals surface area contributed by atoms with Crippen molar-refractivity contribution in [3.05, 3.63) is 23.6 Å². The molecule has 0 bridgehead atoms. The largest absolute Gasteiger partial charge is 0.448 e. The molecule has 8 heteroatoms. The second-order valence-electron chi connectivity index (χ2n) is 2.98. The molecule has 1 aromatic rings. The molecule has 5 N–H and O–H groups in total. The van der Waals surface area contributed by atoms with Crippen molar-refractivity contribution in [1.29, 1.82) is 0 Å². The lowest BCUT2D eigenvalue weighted by Gasteiger charge is -2.06. The van der Waals surface area contributed by atoms with Crippen LogP contribution in [0.3, 0.4) is 0 Å². The number of carbonyl (C=O) groups excluding carboxylic acids is 2. The molecule has 0 aliphatic carbocycles. The molecule has 92 valence electrons. The summed E-state index contributed by atoms with van der Waals surface area (Å²) in [4.78, 5) is 25.1. The molecule has 0 fully saturated rings. The van der Waals surface area contributed by atoms with Gasteiger partial charge in [-0.2, -0.15) is 0 Å². The second-order valence-corrected chi connectivity index (χ2v) is 2.98. The minimum Gasteiger partial charge on any atom is -0.448 e. The minimum absolute atomic E-state index is 0.0173. The highest BCUT2D eigenvalue weighted by molar-refractivity contribution is 5.95. The zero-order chi connectivity index (χ0) is 12.8. The molecule has 0 spiro atoms. The van der Waals surface area contributed by atoms with E-state index in [-0.39, 0.29) is 24.5 Å². The van der Waals surface area contributed by atoms with Gasteiger partial charge < -0.3 is 21.5 Å². The molecule has 0 radical (unpaired) electrons. The Labute approximate surface area is 95.9 Å². The highest BCUT2D eigenvalue weighted by atomic mass is 19.1. The van der Waals surface area contributed by atoms with Crippen LogP contribution in [0, 0.1) is 5.82 Å². The third-order valence-electron chi connectivity index (χ3n) is 1.79. The number of rotatable bonds is 4. The van der Waals surface area contributed by atoms with E-state index in [9.17, 15) is 14.0 Å². The smallest absolute Gasteiger partial charge is 0.404 e. The van der Waals surface area contributed by atoms with Gasteiger partial charge in [0.2, 0.25) is 0 Å². The van der Waals surface area contributed by atoms with Crippen LogP contribution in [0.4, 0.5) is 15.0 Å². The summed E-state index contributed by atoms with van der Waals surface area (Å²) in [7, 11) is 0. The predicted octanol–water partition coefficient (Wildman–Crippen LogP) is -0.372. The molecule has 0 aromatic carbocycles. The first-order valence-electron chi connectivity index (χ1n) is 4.62. The lowest BCUT2D eigenvalue weighted by molar-refractivity contribution is 0.0932. The van der Waals surface area contributed by atoms with Crippen LogP contribution in [0.5, 0.6) is 0 Å². The van der Waals surface area contributed by atoms with Crippen molar-refractivity contribution in [2.45, 2.75) is 0 Å². The molecular weight excluding hydrogens is 231 g/mol. The average Bonchev–Trinajstić information content (AvgIpc) is 2.27. The van der Waals surface area contributed by atoms with E-state index in [0.717, 1.165) is 0 Å². The van der Waals surface area contributed by atoms with Gasteiger partial charge in [-0.25, -0.2) is 14.2 Å². The van der Waals surface area contributed by atoms with Crippen molar-refractivity contribution in [3.8, 4) is 0 Å². The summed E-state index contributed by atoms with van der Waals surface area (Å²) < 4.78 is 17.7. The number of hydrogen-bond donors (Lipinski definition) is 3. The Morgan fingerprint density at radius 2 is 2.24 bits per heavy atom. The van der Waals surface area contributed by atoms with E-state index in [0.29, 0.717) is 0 Å². The standard InChI is InChI=1S/C9H11FN4O3/c10-6-5(1-2-13-7(6)11)8(15)14-3-4-17-9(12)16/h1-2H,3-4H2,(H2,11,13)(H2,12,16)(H,14,15). The Balaban J connectivity index is 2.53. The van der Waals surface area contributed by atoms with Gasteiger partial charge in [-0.3, -0.25) is 4.79 Å². The summed E-state index contributed by atoms with van der Waals surface area (Å²) >= 11 is 0. The van der Waals surface area contributed by atoms with E-state index >= 15 is 0 Å². The highest BCUT2D eigenvalue weighted by Crippen LogP contribution is 2.11. The van der Waals surface area contributed by atoms with Gasteiger partial charge in [0, 0.05) is 6.20 Å².